The van der Waals surface area contributed by atoms with Crippen LogP contribution in [0, 0.1) is 0 Å². The zero-order valence-corrected chi connectivity index (χ0v) is 13.9. The fourth-order valence-electron chi connectivity index (χ4n) is 2.31. The lowest BCUT2D eigenvalue weighted by atomic mass is 10.0. The predicted molar refractivity (Wildman–Crippen MR) is 87.7 cm³/mol. The van der Waals surface area contributed by atoms with Gasteiger partial charge in [0.05, 0.1) is 11.9 Å². The van der Waals surface area contributed by atoms with Crippen molar-refractivity contribution in [1.29, 1.82) is 0 Å². The SMILES string of the molecule is COc1ccc(C(Br)c2ccc(Br)o2)c2ccccc12. The third-order valence-corrected chi connectivity index (χ3v) is 4.63. The molecule has 1 heterocycles. The highest BCUT2D eigenvalue weighted by Gasteiger charge is 2.18. The molecule has 0 saturated carbocycles. The van der Waals surface area contributed by atoms with E-state index >= 15 is 0 Å². The van der Waals surface area contributed by atoms with Crippen LogP contribution in [0.3, 0.4) is 0 Å². The number of fused-ring (bicyclic) bond motifs is 1. The molecule has 3 aromatic rings. The number of methoxy groups -OCH3 is 1. The number of furan rings is 1. The molecule has 0 spiro atoms. The van der Waals surface area contributed by atoms with Crippen LogP contribution < -0.4 is 4.74 Å². The Morgan fingerprint density at radius 3 is 2.40 bits per heavy atom. The number of halogens is 2. The first-order chi connectivity index (χ1) is 9.70. The average Bonchev–Trinajstić information content (AvgIpc) is 2.92. The fraction of sp³-hybridized carbons (Fsp3) is 0.125. The highest BCUT2D eigenvalue weighted by atomic mass is 79.9. The Balaban J connectivity index is 2.17. The predicted octanol–water partition coefficient (Wildman–Crippen LogP) is 5.69. The van der Waals surface area contributed by atoms with E-state index in [0.717, 1.165) is 32.5 Å². The van der Waals surface area contributed by atoms with Crippen molar-refractivity contribution in [2.75, 3.05) is 7.11 Å². The molecule has 3 rings (SSSR count). The van der Waals surface area contributed by atoms with Gasteiger partial charge in [0.15, 0.2) is 4.67 Å². The fourth-order valence-corrected chi connectivity index (χ4v) is 3.28. The molecular formula is C16H12Br2O2. The molecular weight excluding hydrogens is 384 g/mol. The Labute approximate surface area is 134 Å². The van der Waals surface area contributed by atoms with Crippen LogP contribution >= 0.6 is 31.9 Å². The van der Waals surface area contributed by atoms with Crippen molar-refractivity contribution < 1.29 is 9.15 Å². The summed E-state index contributed by atoms with van der Waals surface area (Å²) in [5, 5.41) is 2.25. The van der Waals surface area contributed by atoms with Crippen LogP contribution in [-0.4, -0.2) is 7.11 Å². The van der Waals surface area contributed by atoms with Gasteiger partial charge in [-0.1, -0.05) is 46.3 Å². The summed E-state index contributed by atoms with van der Waals surface area (Å²) in [5.41, 5.74) is 1.16. The third-order valence-electron chi connectivity index (χ3n) is 3.25. The number of ether oxygens (including phenoxy) is 1. The van der Waals surface area contributed by atoms with Gasteiger partial charge in [0.2, 0.25) is 0 Å². The van der Waals surface area contributed by atoms with Crippen LogP contribution in [0.2, 0.25) is 0 Å². The molecule has 2 nitrogen and oxygen atoms in total. The number of alkyl halides is 1. The van der Waals surface area contributed by atoms with Crippen LogP contribution in [0.25, 0.3) is 10.8 Å². The molecule has 0 amide bonds. The summed E-state index contributed by atoms with van der Waals surface area (Å²) in [6, 6.07) is 16.1. The average molecular weight is 396 g/mol. The van der Waals surface area contributed by atoms with E-state index in [9.17, 15) is 0 Å². The summed E-state index contributed by atoms with van der Waals surface area (Å²) in [5.74, 6) is 1.75. The second kappa shape index (κ2) is 5.62. The lowest BCUT2D eigenvalue weighted by Gasteiger charge is -2.13. The number of benzene rings is 2. The van der Waals surface area contributed by atoms with Crippen LogP contribution in [0.5, 0.6) is 5.75 Å². The minimum absolute atomic E-state index is 0.00426. The van der Waals surface area contributed by atoms with Gasteiger partial charge in [-0.2, -0.15) is 0 Å². The van der Waals surface area contributed by atoms with Crippen molar-refractivity contribution in [3.05, 3.63) is 64.5 Å². The van der Waals surface area contributed by atoms with Crippen molar-refractivity contribution in [2.24, 2.45) is 0 Å². The highest BCUT2D eigenvalue weighted by Crippen LogP contribution is 2.39. The molecule has 0 aliphatic carbocycles. The first-order valence-corrected chi connectivity index (χ1v) is 7.86. The van der Waals surface area contributed by atoms with Crippen molar-refractivity contribution in [3.8, 4) is 5.75 Å². The zero-order valence-electron chi connectivity index (χ0n) is 10.8. The lowest BCUT2D eigenvalue weighted by Crippen LogP contribution is -1.94. The molecule has 0 aliphatic heterocycles. The minimum Gasteiger partial charge on any atom is -0.496 e. The monoisotopic (exact) mass is 394 g/mol. The lowest BCUT2D eigenvalue weighted by molar-refractivity contribution is 0.419. The Morgan fingerprint density at radius 1 is 1.00 bits per heavy atom. The van der Waals surface area contributed by atoms with E-state index in [0.29, 0.717) is 0 Å². The van der Waals surface area contributed by atoms with E-state index in [1.807, 2.05) is 30.3 Å². The van der Waals surface area contributed by atoms with Gasteiger partial charge in [-0.3, -0.25) is 0 Å². The van der Waals surface area contributed by atoms with E-state index in [-0.39, 0.29) is 4.83 Å². The molecule has 102 valence electrons. The van der Waals surface area contributed by atoms with Crippen molar-refractivity contribution >= 4 is 42.6 Å². The molecule has 0 radical (unpaired) electrons. The molecule has 0 saturated heterocycles. The molecule has 1 unspecified atom stereocenters. The number of hydrogen-bond acceptors (Lipinski definition) is 2. The summed E-state index contributed by atoms with van der Waals surface area (Å²) in [6.07, 6.45) is 0. The molecule has 1 aromatic heterocycles. The van der Waals surface area contributed by atoms with Crippen molar-refractivity contribution in [1.82, 2.24) is 0 Å². The van der Waals surface area contributed by atoms with Gasteiger partial charge in [-0.05, 0) is 45.1 Å². The van der Waals surface area contributed by atoms with Crippen LogP contribution in [0.4, 0.5) is 0 Å². The Bertz CT molecular complexity index is 749. The highest BCUT2D eigenvalue weighted by molar-refractivity contribution is 9.10. The summed E-state index contributed by atoms with van der Waals surface area (Å²) in [7, 11) is 1.69. The van der Waals surface area contributed by atoms with Gasteiger partial charge < -0.3 is 9.15 Å². The largest absolute Gasteiger partial charge is 0.496 e. The summed E-state index contributed by atoms with van der Waals surface area (Å²) < 4.78 is 11.8. The van der Waals surface area contributed by atoms with E-state index < -0.39 is 0 Å². The van der Waals surface area contributed by atoms with E-state index in [1.165, 1.54) is 0 Å². The van der Waals surface area contributed by atoms with Crippen molar-refractivity contribution in [3.63, 3.8) is 0 Å². The quantitative estimate of drug-likeness (QED) is 0.531. The number of rotatable bonds is 3. The third kappa shape index (κ3) is 2.38. The van der Waals surface area contributed by atoms with Gasteiger partial charge >= 0.3 is 0 Å². The standard InChI is InChI=1S/C16H12Br2O2/c1-19-13-7-6-12(10-4-2-3-5-11(10)13)16(18)14-8-9-15(17)20-14/h2-9,16H,1H3. The maximum Gasteiger partial charge on any atom is 0.169 e. The second-order valence-electron chi connectivity index (χ2n) is 4.41. The molecule has 20 heavy (non-hydrogen) atoms. The topological polar surface area (TPSA) is 22.4 Å². The first-order valence-electron chi connectivity index (χ1n) is 6.15. The van der Waals surface area contributed by atoms with Gasteiger partial charge in [0.25, 0.3) is 0 Å². The maximum atomic E-state index is 5.64. The Kier molecular flexibility index (Phi) is 3.85. The molecule has 0 N–H and O–H groups in total. The van der Waals surface area contributed by atoms with Gasteiger partial charge in [0, 0.05) is 5.39 Å². The zero-order chi connectivity index (χ0) is 14.1. The van der Waals surface area contributed by atoms with Crippen LogP contribution in [0.1, 0.15) is 16.2 Å². The molecule has 0 aliphatic rings. The molecule has 4 heteroatoms. The molecule has 2 aromatic carbocycles. The Hall–Kier alpha value is -1.26. The smallest absolute Gasteiger partial charge is 0.169 e. The van der Waals surface area contributed by atoms with E-state index in [1.54, 1.807) is 7.11 Å². The normalized spacial score (nSPS) is 12.6. The maximum absolute atomic E-state index is 5.64. The van der Waals surface area contributed by atoms with Crippen LogP contribution in [0.15, 0.2) is 57.6 Å². The van der Waals surface area contributed by atoms with Crippen molar-refractivity contribution in [2.45, 2.75) is 4.83 Å². The first kappa shape index (κ1) is 13.7. The van der Waals surface area contributed by atoms with E-state index in [4.69, 9.17) is 9.15 Å². The minimum atomic E-state index is 0.00426. The second-order valence-corrected chi connectivity index (χ2v) is 6.10. The summed E-state index contributed by atoms with van der Waals surface area (Å²) >= 11 is 7.06. The van der Waals surface area contributed by atoms with Gasteiger partial charge in [-0.25, -0.2) is 0 Å². The van der Waals surface area contributed by atoms with E-state index in [2.05, 4.69) is 50.1 Å². The van der Waals surface area contributed by atoms with Gasteiger partial charge in [-0.15, -0.1) is 0 Å². The molecule has 0 fully saturated rings. The molecule has 0 bridgehead atoms. The van der Waals surface area contributed by atoms with Crippen LogP contribution in [-0.2, 0) is 0 Å². The number of hydrogen-bond donors (Lipinski definition) is 0. The summed E-state index contributed by atoms with van der Waals surface area (Å²) in [4.78, 5) is 0.00426. The Morgan fingerprint density at radius 2 is 1.75 bits per heavy atom. The van der Waals surface area contributed by atoms with Gasteiger partial charge in [0.1, 0.15) is 11.5 Å². The molecule has 1 atom stereocenters. The summed E-state index contributed by atoms with van der Waals surface area (Å²) in [6.45, 7) is 0.